The Balaban J connectivity index is 1.67. The van der Waals surface area contributed by atoms with Crippen molar-refractivity contribution in [2.24, 2.45) is 0 Å². The Labute approximate surface area is 202 Å². The van der Waals surface area contributed by atoms with Crippen molar-refractivity contribution in [1.82, 2.24) is 0 Å². The van der Waals surface area contributed by atoms with Crippen LogP contribution in [-0.4, -0.2) is 18.4 Å². The van der Waals surface area contributed by atoms with Crippen LogP contribution in [0.25, 0.3) is 28.6 Å². The summed E-state index contributed by atoms with van der Waals surface area (Å²) in [6, 6.07) is 9.94. The summed E-state index contributed by atoms with van der Waals surface area (Å²) in [5, 5.41) is 0. The second kappa shape index (κ2) is 10.4. The van der Waals surface area contributed by atoms with Crippen LogP contribution in [0.1, 0.15) is 64.2 Å². The first kappa shape index (κ1) is 23.3. The van der Waals surface area contributed by atoms with Crippen LogP contribution in [0.4, 0.5) is 0 Å². The van der Waals surface area contributed by atoms with E-state index in [1.807, 2.05) is 36.9 Å². The van der Waals surface area contributed by atoms with E-state index in [1.54, 1.807) is 22.7 Å². The first-order valence-electron chi connectivity index (χ1n) is 11.6. The Morgan fingerprint density at radius 1 is 0.600 bits per heavy atom. The molecule has 4 heterocycles. The molecule has 0 amide bonds. The van der Waals surface area contributed by atoms with Crippen LogP contribution in [0.5, 0.6) is 0 Å². The molecule has 0 aliphatic heterocycles. The number of hydrogen-bond acceptors (Lipinski definition) is 4. The molecule has 0 spiro atoms. The van der Waals surface area contributed by atoms with Gasteiger partial charge in [0.15, 0.2) is 0 Å². The first-order chi connectivity index (χ1) is 14.6. The van der Waals surface area contributed by atoms with Crippen LogP contribution < -0.4 is 2.89 Å². The summed E-state index contributed by atoms with van der Waals surface area (Å²) >= 11 is 5.85. The van der Waals surface area contributed by atoms with Gasteiger partial charge >= 0.3 is 204 Å². The van der Waals surface area contributed by atoms with Crippen molar-refractivity contribution in [3.8, 4) is 9.75 Å². The van der Waals surface area contributed by atoms with Crippen molar-refractivity contribution in [2.45, 2.75) is 79.5 Å². The summed E-state index contributed by atoms with van der Waals surface area (Å²) in [5.41, 5.74) is 0. The fraction of sp³-hybridized carbons (Fsp3) is 0.520. The van der Waals surface area contributed by atoms with Gasteiger partial charge in [-0.2, -0.15) is 0 Å². The zero-order chi connectivity index (χ0) is 21.1. The van der Waals surface area contributed by atoms with E-state index in [2.05, 4.69) is 63.3 Å². The SMILES string of the molecule is CCC[CH2][Sn]([CH2]CCC)([CH2]CCC)[c]1cc2sc(-c3cc4sc(C)cc4s3)cc2s1. The zero-order valence-electron chi connectivity index (χ0n) is 18.8. The van der Waals surface area contributed by atoms with Crippen molar-refractivity contribution in [2.75, 3.05) is 0 Å². The second-order valence-electron chi connectivity index (χ2n) is 8.74. The van der Waals surface area contributed by atoms with Gasteiger partial charge in [-0.25, -0.2) is 0 Å². The molecule has 0 aliphatic rings. The van der Waals surface area contributed by atoms with Gasteiger partial charge in [-0.1, -0.05) is 0 Å². The average molecular weight is 582 g/mol. The van der Waals surface area contributed by atoms with Gasteiger partial charge in [0.25, 0.3) is 0 Å². The van der Waals surface area contributed by atoms with E-state index < -0.39 is 18.4 Å². The molecule has 5 heteroatoms. The van der Waals surface area contributed by atoms with Crippen molar-refractivity contribution in [3.05, 3.63) is 29.1 Å². The van der Waals surface area contributed by atoms with Crippen LogP contribution in [-0.2, 0) is 0 Å². The molecule has 0 bridgehead atoms. The van der Waals surface area contributed by atoms with Gasteiger partial charge < -0.3 is 0 Å². The second-order valence-corrected chi connectivity index (χ2v) is 27.4. The molecular weight excluding hydrogens is 547 g/mol. The van der Waals surface area contributed by atoms with Gasteiger partial charge in [-0.3, -0.25) is 0 Å². The van der Waals surface area contributed by atoms with Crippen LogP contribution in [0.2, 0.25) is 13.3 Å². The molecule has 4 rings (SSSR count). The molecule has 30 heavy (non-hydrogen) atoms. The number of aryl methyl sites for hydroxylation is 1. The van der Waals surface area contributed by atoms with Gasteiger partial charge in [0.1, 0.15) is 0 Å². The van der Waals surface area contributed by atoms with Crippen molar-refractivity contribution in [3.63, 3.8) is 0 Å². The summed E-state index contributed by atoms with van der Waals surface area (Å²) < 4.78 is 12.6. The van der Waals surface area contributed by atoms with Crippen molar-refractivity contribution >= 4 is 85.4 Å². The third-order valence-electron chi connectivity index (χ3n) is 6.33. The Hall–Kier alpha value is 0.119. The summed E-state index contributed by atoms with van der Waals surface area (Å²) in [5.74, 6) is 0. The number of thiophene rings is 4. The maximum absolute atomic E-state index is 2.67. The molecule has 0 saturated heterocycles. The molecule has 162 valence electrons. The molecule has 0 aliphatic carbocycles. The molecule has 0 atom stereocenters. The van der Waals surface area contributed by atoms with Crippen molar-refractivity contribution < 1.29 is 0 Å². The third-order valence-corrected chi connectivity index (χ3v) is 29.2. The topological polar surface area (TPSA) is 0 Å². The molecule has 0 unspecified atom stereocenters. The molecule has 0 radical (unpaired) electrons. The average Bonchev–Trinajstić information content (AvgIpc) is 3.46. The van der Waals surface area contributed by atoms with Crippen LogP contribution in [0.3, 0.4) is 0 Å². The van der Waals surface area contributed by atoms with E-state index in [0.29, 0.717) is 0 Å². The number of fused-ring (bicyclic) bond motifs is 2. The van der Waals surface area contributed by atoms with Crippen LogP contribution >= 0.6 is 45.3 Å². The predicted octanol–water partition coefficient (Wildman–Crippen LogP) is 10.3. The molecule has 0 nitrogen and oxygen atoms in total. The van der Waals surface area contributed by atoms with Crippen LogP contribution in [0.15, 0.2) is 24.3 Å². The number of rotatable bonds is 11. The number of hydrogen-bond donors (Lipinski definition) is 0. The van der Waals surface area contributed by atoms with Crippen molar-refractivity contribution in [1.29, 1.82) is 0 Å². The Bertz CT molecular complexity index is 1010. The molecule has 0 N–H and O–H groups in total. The predicted molar refractivity (Wildman–Crippen MR) is 148 cm³/mol. The van der Waals surface area contributed by atoms with Gasteiger partial charge in [-0.15, -0.1) is 0 Å². The fourth-order valence-electron chi connectivity index (χ4n) is 4.59. The van der Waals surface area contributed by atoms with Gasteiger partial charge in [0.05, 0.1) is 0 Å². The normalized spacial score (nSPS) is 12.5. The van der Waals surface area contributed by atoms with E-state index in [9.17, 15) is 0 Å². The van der Waals surface area contributed by atoms with E-state index in [1.165, 1.54) is 62.6 Å². The van der Waals surface area contributed by atoms with Gasteiger partial charge in [-0.05, 0) is 0 Å². The molecule has 4 aromatic heterocycles. The Kier molecular flexibility index (Phi) is 8.05. The van der Waals surface area contributed by atoms with E-state index >= 15 is 0 Å². The van der Waals surface area contributed by atoms with Gasteiger partial charge in [0.2, 0.25) is 0 Å². The van der Waals surface area contributed by atoms with Crippen LogP contribution in [0, 0.1) is 6.92 Å². The van der Waals surface area contributed by atoms with E-state index in [4.69, 9.17) is 0 Å². The zero-order valence-corrected chi connectivity index (χ0v) is 24.9. The maximum atomic E-state index is 2.67. The Morgan fingerprint density at radius 3 is 1.53 bits per heavy atom. The molecular formula is C25H34S4Sn. The summed E-state index contributed by atoms with van der Waals surface area (Å²) in [7, 11) is 0. The molecule has 0 saturated carbocycles. The third kappa shape index (κ3) is 4.88. The summed E-state index contributed by atoms with van der Waals surface area (Å²) in [4.78, 5) is 4.36. The minimum atomic E-state index is -2.28. The number of unbranched alkanes of at least 4 members (excludes halogenated alkanes) is 3. The van der Waals surface area contributed by atoms with E-state index in [0.717, 1.165) is 0 Å². The van der Waals surface area contributed by atoms with Gasteiger partial charge in [0, 0.05) is 0 Å². The fourth-order valence-corrected chi connectivity index (χ4v) is 28.8. The Morgan fingerprint density at radius 2 is 1.07 bits per heavy atom. The summed E-state index contributed by atoms with van der Waals surface area (Å²) in [6.07, 6.45) is 8.42. The van der Waals surface area contributed by atoms with E-state index in [-0.39, 0.29) is 0 Å². The minimum absolute atomic E-state index is 1.36. The molecule has 0 fully saturated rings. The first-order valence-corrected chi connectivity index (χ1v) is 22.4. The molecule has 0 aromatic carbocycles. The monoisotopic (exact) mass is 582 g/mol. The quantitative estimate of drug-likeness (QED) is 0.155. The standard InChI is InChI=1S/C13H7S4.3C4H9.Sn/c1-7-4-10-11(15-7)6-13(17-10)12-5-9-8(16-12)2-3-14-9;3*1-3-4-2;/h2,4-6H,1H3;3*1,3-4H2,2H3;. The summed E-state index contributed by atoms with van der Waals surface area (Å²) in [6.45, 7) is 9.35. The molecule has 4 aromatic rings.